The molecule has 0 saturated carbocycles. The van der Waals surface area contributed by atoms with Gasteiger partial charge in [-0.05, 0) is 50.1 Å². The zero-order chi connectivity index (χ0) is 15.6. The van der Waals surface area contributed by atoms with E-state index >= 15 is 0 Å². The lowest BCUT2D eigenvalue weighted by Gasteiger charge is -2.12. The Labute approximate surface area is 144 Å². The van der Waals surface area contributed by atoms with E-state index in [0.717, 1.165) is 0 Å². The molecule has 0 atom stereocenters. The van der Waals surface area contributed by atoms with Crippen molar-refractivity contribution in [3.63, 3.8) is 0 Å². The van der Waals surface area contributed by atoms with Crippen LogP contribution in [0.5, 0.6) is 0 Å². The molecule has 9 heteroatoms. The molecular weight excluding hydrogens is 445 g/mol. The lowest BCUT2D eigenvalue weighted by Crippen LogP contribution is -2.14. The molecule has 2 rings (SSSR count). The van der Waals surface area contributed by atoms with Gasteiger partial charge in [-0.1, -0.05) is 17.7 Å². The summed E-state index contributed by atoms with van der Waals surface area (Å²) in [4.78, 5) is 3.94. The van der Waals surface area contributed by atoms with E-state index in [1.54, 1.807) is 25.2 Å². The Kier molecular flexibility index (Phi) is 5.13. The highest BCUT2D eigenvalue weighted by atomic mass is 79.9. The monoisotopic (exact) mass is 453 g/mol. The fourth-order valence-corrected chi connectivity index (χ4v) is 4.40. The quantitative estimate of drug-likeness (QED) is 0.728. The van der Waals surface area contributed by atoms with Gasteiger partial charge in [0.15, 0.2) is 0 Å². The normalized spacial score (nSPS) is 11.2. The molecule has 5 nitrogen and oxygen atoms in total. The first-order valence-corrected chi connectivity index (χ1v) is 9.10. The number of aromatic nitrogens is 1. The van der Waals surface area contributed by atoms with Gasteiger partial charge in [-0.3, -0.25) is 4.72 Å². The van der Waals surface area contributed by atoms with E-state index in [9.17, 15) is 8.42 Å². The molecule has 1 aromatic heterocycles. The Hall–Kier alpha value is -0.830. The van der Waals surface area contributed by atoms with Crippen molar-refractivity contribution in [2.45, 2.75) is 4.90 Å². The van der Waals surface area contributed by atoms with Gasteiger partial charge >= 0.3 is 0 Å². The molecular formula is C12H10Br2ClN3O2S. The van der Waals surface area contributed by atoms with Crippen molar-refractivity contribution in [2.24, 2.45) is 0 Å². The maximum atomic E-state index is 12.4. The SMILES string of the molecule is CNc1ncc(S(=O)(=O)Nc2c(Br)cccc2Br)cc1Cl. The van der Waals surface area contributed by atoms with Crippen LogP contribution in [0.25, 0.3) is 0 Å². The minimum Gasteiger partial charge on any atom is -0.372 e. The highest BCUT2D eigenvalue weighted by molar-refractivity contribution is 9.11. The number of rotatable bonds is 4. The van der Waals surface area contributed by atoms with Crippen molar-refractivity contribution in [1.82, 2.24) is 4.98 Å². The lowest BCUT2D eigenvalue weighted by atomic mass is 10.3. The van der Waals surface area contributed by atoms with Crippen LogP contribution in [0.2, 0.25) is 5.02 Å². The predicted molar refractivity (Wildman–Crippen MR) is 91.4 cm³/mol. The number of pyridine rings is 1. The van der Waals surface area contributed by atoms with Gasteiger partial charge in [0, 0.05) is 22.2 Å². The molecule has 1 heterocycles. The molecule has 2 N–H and O–H groups in total. The van der Waals surface area contributed by atoms with Crippen LogP contribution in [0.15, 0.2) is 44.3 Å². The van der Waals surface area contributed by atoms with Crippen molar-refractivity contribution >= 4 is 65.0 Å². The number of nitrogens with one attached hydrogen (secondary N) is 2. The van der Waals surface area contributed by atoms with Gasteiger partial charge in [-0.15, -0.1) is 0 Å². The number of benzene rings is 1. The van der Waals surface area contributed by atoms with E-state index in [1.807, 2.05) is 0 Å². The van der Waals surface area contributed by atoms with Gasteiger partial charge in [0.25, 0.3) is 10.0 Å². The number of sulfonamides is 1. The minimum absolute atomic E-state index is 0.0193. The summed E-state index contributed by atoms with van der Waals surface area (Å²) in [5.74, 6) is 0.415. The highest BCUT2D eigenvalue weighted by Crippen LogP contribution is 2.33. The number of para-hydroxylation sites is 1. The second-order valence-corrected chi connectivity index (χ2v) is 7.75. The summed E-state index contributed by atoms with van der Waals surface area (Å²) in [6, 6.07) is 6.59. The van der Waals surface area contributed by atoms with Crippen molar-refractivity contribution < 1.29 is 8.42 Å². The average Bonchev–Trinajstić information content (AvgIpc) is 2.43. The summed E-state index contributed by atoms with van der Waals surface area (Å²) < 4.78 is 28.5. The van der Waals surface area contributed by atoms with Crippen LogP contribution in [-0.2, 0) is 10.0 Å². The Morgan fingerprint density at radius 3 is 2.38 bits per heavy atom. The molecule has 0 fully saturated rings. The molecule has 0 aliphatic rings. The number of hydrogen-bond acceptors (Lipinski definition) is 4. The molecule has 0 radical (unpaired) electrons. The highest BCUT2D eigenvalue weighted by Gasteiger charge is 2.19. The number of anilines is 2. The van der Waals surface area contributed by atoms with Crippen LogP contribution in [0.1, 0.15) is 0 Å². The van der Waals surface area contributed by atoms with Gasteiger partial charge in [-0.25, -0.2) is 13.4 Å². The van der Waals surface area contributed by atoms with E-state index < -0.39 is 10.0 Å². The lowest BCUT2D eigenvalue weighted by molar-refractivity contribution is 0.601. The minimum atomic E-state index is -3.79. The largest absolute Gasteiger partial charge is 0.372 e. The van der Waals surface area contributed by atoms with Gasteiger partial charge < -0.3 is 5.32 Å². The fraction of sp³-hybridized carbons (Fsp3) is 0.0833. The fourth-order valence-electron chi connectivity index (χ4n) is 1.54. The molecule has 0 amide bonds. The molecule has 0 saturated heterocycles. The topological polar surface area (TPSA) is 71.1 Å². The van der Waals surface area contributed by atoms with Crippen LogP contribution >= 0.6 is 43.5 Å². The zero-order valence-electron chi connectivity index (χ0n) is 10.7. The summed E-state index contributed by atoms with van der Waals surface area (Å²) in [6.07, 6.45) is 1.24. The second kappa shape index (κ2) is 6.51. The Bertz CT molecular complexity index is 764. The average molecular weight is 456 g/mol. The zero-order valence-corrected chi connectivity index (χ0v) is 15.4. The molecule has 1 aromatic carbocycles. The summed E-state index contributed by atoms with van der Waals surface area (Å²) in [5.41, 5.74) is 0.409. The predicted octanol–water partition coefficient (Wildman–Crippen LogP) is 4.10. The number of hydrogen-bond donors (Lipinski definition) is 2. The van der Waals surface area contributed by atoms with E-state index in [-0.39, 0.29) is 9.92 Å². The van der Waals surface area contributed by atoms with Crippen molar-refractivity contribution in [3.8, 4) is 0 Å². The summed E-state index contributed by atoms with van der Waals surface area (Å²) in [5, 5.41) is 3.00. The second-order valence-electron chi connectivity index (χ2n) is 3.95. The summed E-state index contributed by atoms with van der Waals surface area (Å²) in [7, 11) is -2.14. The maximum Gasteiger partial charge on any atom is 0.263 e. The summed E-state index contributed by atoms with van der Waals surface area (Å²) >= 11 is 12.6. The first kappa shape index (κ1) is 16.5. The van der Waals surface area contributed by atoms with E-state index in [1.165, 1.54) is 12.3 Å². The van der Waals surface area contributed by atoms with Gasteiger partial charge in [0.1, 0.15) is 10.7 Å². The van der Waals surface area contributed by atoms with E-state index in [2.05, 4.69) is 46.9 Å². The number of halogens is 3. The third-order valence-electron chi connectivity index (χ3n) is 2.56. The first-order chi connectivity index (χ1) is 9.85. The van der Waals surface area contributed by atoms with Crippen LogP contribution in [0, 0.1) is 0 Å². The Morgan fingerprint density at radius 1 is 1.24 bits per heavy atom. The van der Waals surface area contributed by atoms with Gasteiger partial charge in [0.05, 0.1) is 10.7 Å². The Morgan fingerprint density at radius 2 is 1.86 bits per heavy atom. The van der Waals surface area contributed by atoms with E-state index in [4.69, 9.17) is 11.6 Å². The van der Waals surface area contributed by atoms with Crippen LogP contribution in [0.3, 0.4) is 0 Å². The third kappa shape index (κ3) is 3.68. The third-order valence-corrected chi connectivity index (χ3v) is 5.49. The molecule has 112 valence electrons. The summed E-state index contributed by atoms with van der Waals surface area (Å²) in [6.45, 7) is 0. The molecule has 0 bridgehead atoms. The van der Waals surface area contributed by atoms with Gasteiger partial charge in [-0.2, -0.15) is 0 Å². The maximum absolute atomic E-state index is 12.4. The molecule has 2 aromatic rings. The van der Waals surface area contributed by atoms with E-state index in [0.29, 0.717) is 20.5 Å². The Balaban J connectivity index is 2.41. The first-order valence-electron chi connectivity index (χ1n) is 5.65. The smallest absolute Gasteiger partial charge is 0.263 e. The molecule has 0 spiro atoms. The van der Waals surface area contributed by atoms with Gasteiger partial charge in [0.2, 0.25) is 0 Å². The molecule has 0 aliphatic heterocycles. The van der Waals surface area contributed by atoms with Crippen molar-refractivity contribution in [2.75, 3.05) is 17.1 Å². The van der Waals surface area contributed by atoms with Crippen LogP contribution in [-0.4, -0.2) is 20.4 Å². The standard InChI is InChI=1S/C12H10Br2ClN3O2S/c1-16-12-10(15)5-7(6-17-12)21(19,20)18-11-8(13)3-2-4-9(11)14/h2-6,18H,1H3,(H,16,17). The van der Waals surface area contributed by atoms with Crippen LogP contribution < -0.4 is 10.0 Å². The van der Waals surface area contributed by atoms with Crippen LogP contribution in [0.4, 0.5) is 11.5 Å². The molecule has 0 aliphatic carbocycles. The molecule has 0 unspecified atom stereocenters. The molecule has 21 heavy (non-hydrogen) atoms. The number of nitrogens with zero attached hydrogens (tertiary/aromatic N) is 1. The van der Waals surface area contributed by atoms with Crippen molar-refractivity contribution in [3.05, 3.63) is 44.4 Å². The van der Waals surface area contributed by atoms with Crippen molar-refractivity contribution in [1.29, 1.82) is 0 Å².